The van der Waals surface area contributed by atoms with Gasteiger partial charge >= 0.3 is 0 Å². The average Bonchev–Trinajstić information content (AvgIpc) is 2.56. The highest BCUT2D eigenvalue weighted by Gasteiger charge is 2.08. The van der Waals surface area contributed by atoms with Gasteiger partial charge in [0.05, 0.1) is 0 Å². The summed E-state index contributed by atoms with van der Waals surface area (Å²) in [7, 11) is 0. The maximum atomic E-state index is 13.0. The molecule has 0 atom stereocenters. The molecule has 0 spiro atoms. The summed E-state index contributed by atoms with van der Waals surface area (Å²) < 4.78 is 13.7. The molecule has 0 fully saturated rings. The third kappa shape index (κ3) is 1.68. The van der Waals surface area contributed by atoms with Crippen molar-refractivity contribution in [2.75, 3.05) is 0 Å². The van der Waals surface area contributed by atoms with E-state index in [0.29, 0.717) is 17.2 Å². The van der Waals surface area contributed by atoms with E-state index in [-0.39, 0.29) is 5.82 Å². The van der Waals surface area contributed by atoms with Crippen LogP contribution in [0.2, 0.25) is 0 Å². The van der Waals surface area contributed by atoms with Crippen LogP contribution in [0.25, 0.3) is 11.4 Å². The van der Waals surface area contributed by atoms with Crippen molar-refractivity contribution in [2.45, 2.75) is 6.92 Å². The minimum Gasteiger partial charge on any atom is -0.263 e. The van der Waals surface area contributed by atoms with Crippen molar-refractivity contribution in [2.24, 2.45) is 0 Å². The molecule has 5 heteroatoms. The predicted octanol–water partition coefficient (Wildman–Crippen LogP) is 2.68. The minimum absolute atomic E-state index is 0.300. The molecule has 0 bridgehead atoms. The topological polar surface area (TPSA) is 41.6 Å². The zero-order valence-corrected chi connectivity index (χ0v) is 8.97. The third-order valence-electron chi connectivity index (χ3n) is 1.77. The van der Waals surface area contributed by atoms with Gasteiger partial charge in [0, 0.05) is 10.0 Å². The SMILES string of the molecule is Cc1nc(-c2cc(F)ccc2Br)n[nH]1. The number of H-pyrrole nitrogens is 1. The Kier molecular flexibility index (Phi) is 2.33. The van der Waals surface area contributed by atoms with Crippen molar-refractivity contribution < 1.29 is 4.39 Å². The van der Waals surface area contributed by atoms with Crippen molar-refractivity contribution in [3.63, 3.8) is 0 Å². The zero-order valence-electron chi connectivity index (χ0n) is 7.38. The Labute approximate surface area is 88.5 Å². The van der Waals surface area contributed by atoms with E-state index in [0.717, 1.165) is 4.47 Å². The summed E-state index contributed by atoms with van der Waals surface area (Å²) in [6.45, 7) is 1.80. The molecule has 2 rings (SSSR count). The highest BCUT2D eigenvalue weighted by Crippen LogP contribution is 2.25. The second-order valence-electron chi connectivity index (χ2n) is 2.87. The summed E-state index contributed by atoms with van der Waals surface area (Å²) >= 11 is 3.32. The first-order valence-electron chi connectivity index (χ1n) is 4.01. The number of rotatable bonds is 1. The Morgan fingerprint density at radius 3 is 2.86 bits per heavy atom. The second-order valence-corrected chi connectivity index (χ2v) is 3.72. The van der Waals surface area contributed by atoms with Gasteiger partial charge in [-0.15, -0.1) is 0 Å². The van der Waals surface area contributed by atoms with Gasteiger partial charge in [-0.2, -0.15) is 5.10 Å². The van der Waals surface area contributed by atoms with E-state index in [4.69, 9.17) is 0 Å². The molecule has 0 aliphatic carbocycles. The third-order valence-corrected chi connectivity index (χ3v) is 2.46. The van der Waals surface area contributed by atoms with Crippen LogP contribution in [0.15, 0.2) is 22.7 Å². The fourth-order valence-electron chi connectivity index (χ4n) is 1.13. The second kappa shape index (κ2) is 3.49. The van der Waals surface area contributed by atoms with Crippen molar-refractivity contribution in [3.05, 3.63) is 34.3 Å². The molecule has 0 saturated heterocycles. The average molecular weight is 256 g/mol. The Morgan fingerprint density at radius 2 is 2.21 bits per heavy atom. The van der Waals surface area contributed by atoms with Crippen molar-refractivity contribution in [1.82, 2.24) is 15.2 Å². The monoisotopic (exact) mass is 255 g/mol. The summed E-state index contributed by atoms with van der Waals surface area (Å²) in [5.41, 5.74) is 0.648. The lowest BCUT2D eigenvalue weighted by molar-refractivity contribution is 0.628. The summed E-state index contributed by atoms with van der Waals surface area (Å²) in [6, 6.07) is 4.41. The quantitative estimate of drug-likeness (QED) is 0.852. The lowest BCUT2D eigenvalue weighted by Gasteiger charge is -1.98. The van der Waals surface area contributed by atoms with Gasteiger partial charge < -0.3 is 0 Å². The highest BCUT2D eigenvalue weighted by molar-refractivity contribution is 9.10. The molecule has 14 heavy (non-hydrogen) atoms. The van der Waals surface area contributed by atoms with Crippen LogP contribution in [0, 0.1) is 12.7 Å². The van der Waals surface area contributed by atoms with Crippen LogP contribution >= 0.6 is 15.9 Å². The maximum absolute atomic E-state index is 13.0. The molecule has 0 saturated carbocycles. The lowest BCUT2D eigenvalue weighted by atomic mass is 10.2. The first-order chi connectivity index (χ1) is 6.66. The molecule has 0 aliphatic rings. The number of benzene rings is 1. The summed E-state index contributed by atoms with van der Waals surface area (Å²) in [5.74, 6) is 0.899. The number of nitrogens with zero attached hydrogens (tertiary/aromatic N) is 2. The Bertz CT molecular complexity index is 467. The largest absolute Gasteiger partial charge is 0.263 e. The van der Waals surface area contributed by atoms with E-state index >= 15 is 0 Å². The van der Waals surface area contributed by atoms with E-state index in [9.17, 15) is 4.39 Å². The molecule has 3 nitrogen and oxygen atoms in total. The number of aromatic nitrogens is 3. The molecular formula is C9H7BrFN3. The number of hydrogen-bond acceptors (Lipinski definition) is 2. The fraction of sp³-hybridized carbons (Fsp3) is 0.111. The van der Waals surface area contributed by atoms with E-state index < -0.39 is 0 Å². The Morgan fingerprint density at radius 1 is 1.43 bits per heavy atom. The van der Waals surface area contributed by atoms with E-state index in [2.05, 4.69) is 31.1 Å². The minimum atomic E-state index is -0.300. The van der Waals surface area contributed by atoms with Gasteiger partial charge in [0.1, 0.15) is 11.6 Å². The van der Waals surface area contributed by atoms with Gasteiger partial charge in [-0.3, -0.25) is 5.10 Å². The summed E-state index contributed by atoms with van der Waals surface area (Å²) in [4.78, 5) is 4.12. The standard InChI is InChI=1S/C9H7BrFN3/c1-5-12-9(14-13-5)7-4-6(11)2-3-8(7)10/h2-4H,1H3,(H,12,13,14). The number of aromatic amines is 1. The molecule has 0 unspecified atom stereocenters. The number of nitrogens with one attached hydrogen (secondary N) is 1. The molecular weight excluding hydrogens is 249 g/mol. The van der Waals surface area contributed by atoms with E-state index in [1.165, 1.54) is 12.1 Å². The maximum Gasteiger partial charge on any atom is 0.182 e. The summed E-state index contributed by atoms with van der Waals surface area (Å²) in [6.07, 6.45) is 0. The van der Waals surface area contributed by atoms with Crippen LogP contribution in [0.5, 0.6) is 0 Å². The molecule has 0 amide bonds. The summed E-state index contributed by atoms with van der Waals surface area (Å²) in [5, 5.41) is 6.66. The predicted molar refractivity (Wildman–Crippen MR) is 54.2 cm³/mol. The molecule has 72 valence electrons. The van der Waals surface area contributed by atoms with Crippen LogP contribution in [0.1, 0.15) is 5.82 Å². The number of hydrogen-bond donors (Lipinski definition) is 1. The number of halogens is 2. The highest BCUT2D eigenvalue weighted by atomic mass is 79.9. The molecule has 0 radical (unpaired) electrons. The Balaban J connectivity index is 2.55. The fourth-order valence-corrected chi connectivity index (χ4v) is 1.56. The molecule has 0 aliphatic heterocycles. The number of aryl methyl sites for hydroxylation is 1. The van der Waals surface area contributed by atoms with E-state index in [1.807, 2.05) is 0 Å². The van der Waals surface area contributed by atoms with Gasteiger partial charge in [0.2, 0.25) is 0 Å². The van der Waals surface area contributed by atoms with Crippen LogP contribution in [-0.4, -0.2) is 15.2 Å². The molecule has 2 aromatic rings. The van der Waals surface area contributed by atoms with Gasteiger partial charge in [-0.25, -0.2) is 9.37 Å². The van der Waals surface area contributed by atoms with Crippen molar-refractivity contribution >= 4 is 15.9 Å². The molecule has 1 aromatic carbocycles. The molecule has 1 aromatic heterocycles. The zero-order chi connectivity index (χ0) is 10.1. The van der Waals surface area contributed by atoms with Gasteiger partial charge in [-0.05, 0) is 25.1 Å². The molecule has 1 N–H and O–H groups in total. The van der Waals surface area contributed by atoms with Crippen LogP contribution < -0.4 is 0 Å². The first kappa shape index (κ1) is 9.33. The smallest absolute Gasteiger partial charge is 0.182 e. The van der Waals surface area contributed by atoms with E-state index in [1.54, 1.807) is 13.0 Å². The molecule has 1 heterocycles. The normalized spacial score (nSPS) is 10.5. The van der Waals surface area contributed by atoms with Crippen LogP contribution in [0.3, 0.4) is 0 Å². The van der Waals surface area contributed by atoms with Crippen LogP contribution in [-0.2, 0) is 0 Å². The van der Waals surface area contributed by atoms with Gasteiger partial charge in [0.25, 0.3) is 0 Å². The van der Waals surface area contributed by atoms with Crippen molar-refractivity contribution in [1.29, 1.82) is 0 Å². The van der Waals surface area contributed by atoms with Gasteiger partial charge in [0.15, 0.2) is 5.82 Å². The Hall–Kier alpha value is -1.23. The first-order valence-corrected chi connectivity index (χ1v) is 4.80. The van der Waals surface area contributed by atoms with Gasteiger partial charge in [-0.1, -0.05) is 15.9 Å². The van der Waals surface area contributed by atoms with Crippen LogP contribution in [0.4, 0.5) is 4.39 Å². The van der Waals surface area contributed by atoms with Crippen molar-refractivity contribution in [3.8, 4) is 11.4 Å². The lowest BCUT2D eigenvalue weighted by Crippen LogP contribution is -1.84.